The van der Waals surface area contributed by atoms with Crippen LogP contribution >= 0.6 is 0 Å². The van der Waals surface area contributed by atoms with Gasteiger partial charge in [-0.15, -0.1) is 0 Å². The predicted molar refractivity (Wildman–Crippen MR) is 89.0 cm³/mol. The highest BCUT2D eigenvalue weighted by molar-refractivity contribution is 7.85. The minimum atomic E-state index is -0.811. The van der Waals surface area contributed by atoms with Crippen LogP contribution in [0.4, 0.5) is 0 Å². The fourth-order valence-electron chi connectivity index (χ4n) is 2.87. The molecule has 0 bridgehead atoms. The first-order valence-electron chi connectivity index (χ1n) is 7.91. The maximum absolute atomic E-state index is 12.2. The molecule has 1 aliphatic rings. The smallest absolute Gasteiger partial charge is 0.119 e. The van der Waals surface area contributed by atoms with Crippen LogP contribution in [0.3, 0.4) is 0 Å². The Morgan fingerprint density at radius 3 is 2.43 bits per heavy atom. The number of hydrogen-bond acceptors (Lipinski definition) is 3. The highest BCUT2D eigenvalue weighted by Gasteiger charge is 2.19. The number of benzene rings is 1. The van der Waals surface area contributed by atoms with E-state index in [1.807, 2.05) is 38.1 Å². The summed E-state index contributed by atoms with van der Waals surface area (Å²) in [7, 11) is -0.811. The van der Waals surface area contributed by atoms with E-state index >= 15 is 0 Å². The molecule has 2 rings (SSSR count). The van der Waals surface area contributed by atoms with Crippen molar-refractivity contribution in [3.8, 4) is 5.75 Å². The zero-order chi connectivity index (χ0) is 15.2. The SMILES string of the molecule is CC(C)Oc1ccc(C(N)CS(=O)CC2CCCC2)cc1. The van der Waals surface area contributed by atoms with Gasteiger partial charge < -0.3 is 10.5 Å². The first-order chi connectivity index (χ1) is 10.0. The third kappa shape index (κ3) is 5.44. The molecule has 0 saturated heterocycles. The molecule has 1 aliphatic carbocycles. The van der Waals surface area contributed by atoms with Gasteiger partial charge in [0, 0.05) is 28.3 Å². The lowest BCUT2D eigenvalue weighted by molar-refractivity contribution is 0.242. The Morgan fingerprint density at radius 2 is 1.86 bits per heavy atom. The molecule has 1 fully saturated rings. The quantitative estimate of drug-likeness (QED) is 0.839. The molecule has 3 nitrogen and oxygen atoms in total. The average molecular weight is 309 g/mol. The lowest BCUT2D eigenvalue weighted by atomic mass is 10.1. The minimum absolute atomic E-state index is 0.152. The summed E-state index contributed by atoms with van der Waals surface area (Å²) in [6.07, 6.45) is 5.24. The zero-order valence-corrected chi connectivity index (χ0v) is 13.9. The minimum Gasteiger partial charge on any atom is -0.491 e. The van der Waals surface area contributed by atoms with Crippen molar-refractivity contribution in [3.63, 3.8) is 0 Å². The molecule has 1 aromatic rings. The van der Waals surface area contributed by atoms with Crippen LogP contribution in [0.5, 0.6) is 5.75 Å². The van der Waals surface area contributed by atoms with E-state index in [0.717, 1.165) is 17.1 Å². The zero-order valence-electron chi connectivity index (χ0n) is 13.1. The van der Waals surface area contributed by atoms with Gasteiger partial charge in [-0.25, -0.2) is 0 Å². The highest BCUT2D eigenvalue weighted by Crippen LogP contribution is 2.26. The third-order valence-corrected chi connectivity index (χ3v) is 5.52. The Morgan fingerprint density at radius 1 is 1.24 bits per heavy atom. The number of nitrogens with two attached hydrogens (primary N) is 1. The standard InChI is InChI=1S/C17H27NO2S/c1-13(2)20-16-9-7-15(8-10-16)17(18)12-21(19)11-14-5-3-4-6-14/h7-10,13-14,17H,3-6,11-12,18H2,1-2H3. The molecule has 4 heteroatoms. The Balaban J connectivity index is 1.84. The first-order valence-corrected chi connectivity index (χ1v) is 9.40. The largest absolute Gasteiger partial charge is 0.491 e. The summed E-state index contributed by atoms with van der Waals surface area (Å²) in [6, 6.07) is 7.69. The molecule has 2 N–H and O–H groups in total. The van der Waals surface area contributed by atoms with Gasteiger partial charge in [0.2, 0.25) is 0 Å². The molecule has 0 radical (unpaired) electrons. The lowest BCUT2D eigenvalue weighted by Crippen LogP contribution is -2.21. The maximum Gasteiger partial charge on any atom is 0.119 e. The summed E-state index contributed by atoms with van der Waals surface area (Å²) in [6.45, 7) is 4.01. The van der Waals surface area contributed by atoms with E-state index in [1.54, 1.807) is 0 Å². The van der Waals surface area contributed by atoms with Crippen molar-refractivity contribution in [1.29, 1.82) is 0 Å². The van der Waals surface area contributed by atoms with Crippen molar-refractivity contribution in [1.82, 2.24) is 0 Å². The molecule has 1 aromatic carbocycles. The van der Waals surface area contributed by atoms with Gasteiger partial charge in [-0.3, -0.25) is 4.21 Å². The van der Waals surface area contributed by atoms with Crippen LogP contribution in [-0.4, -0.2) is 21.8 Å². The van der Waals surface area contributed by atoms with E-state index in [2.05, 4.69) is 0 Å². The van der Waals surface area contributed by atoms with Crippen LogP contribution < -0.4 is 10.5 Å². The van der Waals surface area contributed by atoms with Crippen molar-refractivity contribution >= 4 is 10.8 Å². The summed E-state index contributed by atoms with van der Waals surface area (Å²) in [4.78, 5) is 0. The molecule has 0 aliphatic heterocycles. The second kappa shape index (κ2) is 7.95. The average Bonchev–Trinajstić information content (AvgIpc) is 2.91. The van der Waals surface area contributed by atoms with Crippen LogP contribution in [0.1, 0.15) is 51.1 Å². The molecule has 1 saturated carbocycles. The van der Waals surface area contributed by atoms with Crippen molar-refractivity contribution in [3.05, 3.63) is 29.8 Å². The van der Waals surface area contributed by atoms with Gasteiger partial charge in [-0.05, 0) is 50.3 Å². The molecular weight excluding hydrogens is 282 g/mol. The van der Waals surface area contributed by atoms with Gasteiger partial charge >= 0.3 is 0 Å². The second-order valence-corrected chi connectivity index (χ2v) is 7.81. The fourth-order valence-corrected chi connectivity index (χ4v) is 4.46. The Labute approximate surface area is 130 Å². The van der Waals surface area contributed by atoms with Crippen LogP contribution in [-0.2, 0) is 10.8 Å². The van der Waals surface area contributed by atoms with Crippen molar-refractivity contribution in [2.45, 2.75) is 51.7 Å². The van der Waals surface area contributed by atoms with E-state index in [-0.39, 0.29) is 12.1 Å². The molecule has 21 heavy (non-hydrogen) atoms. The molecule has 0 spiro atoms. The van der Waals surface area contributed by atoms with Crippen LogP contribution in [0.25, 0.3) is 0 Å². The Kier molecular flexibility index (Phi) is 6.24. The number of hydrogen-bond donors (Lipinski definition) is 1. The van der Waals surface area contributed by atoms with Gasteiger partial charge in [0.25, 0.3) is 0 Å². The van der Waals surface area contributed by atoms with E-state index in [9.17, 15) is 4.21 Å². The fraction of sp³-hybridized carbons (Fsp3) is 0.647. The van der Waals surface area contributed by atoms with Crippen LogP contribution in [0.15, 0.2) is 24.3 Å². The number of rotatable bonds is 7. The van der Waals surface area contributed by atoms with Gasteiger partial charge in [0.1, 0.15) is 5.75 Å². The van der Waals surface area contributed by atoms with Crippen LogP contribution in [0, 0.1) is 5.92 Å². The molecule has 0 aromatic heterocycles. The van der Waals surface area contributed by atoms with Crippen LogP contribution in [0.2, 0.25) is 0 Å². The number of ether oxygens (including phenoxy) is 1. The molecule has 2 atom stereocenters. The first kappa shape index (κ1) is 16.5. The predicted octanol–water partition coefficient (Wildman–Crippen LogP) is 3.41. The summed E-state index contributed by atoms with van der Waals surface area (Å²) >= 11 is 0. The molecule has 0 heterocycles. The van der Waals surface area contributed by atoms with Crippen molar-refractivity contribution in [2.24, 2.45) is 11.7 Å². The topological polar surface area (TPSA) is 52.3 Å². The van der Waals surface area contributed by atoms with Gasteiger partial charge in [0.15, 0.2) is 0 Å². The van der Waals surface area contributed by atoms with Gasteiger partial charge in [-0.1, -0.05) is 25.0 Å². The maximum atomic E-state index is 12.2. The van der Waals surface area contributed by atoms with Crippen molar-refractivity contribution < 1.29 is 8.95 Å². The molecular formula is C17H27NO2S. The molecule has 118 valence electrons. The normalized spacial score (nSPS) is 18.9. The highest BCUT2D eigenvalue weighted by atomic mass is 32.2. The molecule has 0 amide bonds. The van der Waals surface area contributed by atoms with E-state index < -0.39 is 10.8 Å². The Hall–Kier alpha value is -0.870. The van der Waals surface area contributed by atoms with Gasteiger partial charge in [-0.2, -0.15) is 0 Å². The lowest BCUT2D eigenvalue weighted by Gasteiger charge is -2.15. The third-order valence-electron chi connectivity index (χ3n) is 3.94. The second-order valence-electron chi connectivity index (χ2n) is 6.27. The monoisotopic (exact) mass is 309 g/mol. The Bertz CT molecular complexity index is 452. The van der Waals surface area contributed by atoms with E-state index in [1.165, 1.54) is 25.7 Å². The summed E-state index contributed by atoms with van der Waals surface area (Å²) in [5, 5.41) is 0. The van der Waals surface area contributed by atoms with Gasteiger partial charge in [0.05, 0.1) is 6.10 Å². The van der Waals surface area contributed by atoms with Crippen molar-refractivity contribution in [2.75, 3.05) is 11.5 Å². The summed E-state index contributed by atoms with van der Waals surface area (Å²) in [5.74, 6) is 2.89. The summed E-state index contributed by atoms with van der Waals surface area (Å²) in [5.41, 5.74) is 7.22. The molecule has 2 unspecified atom stereocenters. The van der Waals surface area contributed by atoms with E-state index in [0.29, 0.717) is 11.7 Å². The summed E-state index contributed by atoms with van der Waals surface area (Å²) < 4.78 is 17.8. The van der Waals surface area contributed by atoms with E-state index in [4.69, 9.17) is 10.5 Å².